The van der Waals surface area contributed by atoms with E-state index in [9.17, 15) is 9.59 Å². The molecular weight excluding hydrogens is 480 g/mol. The predicted molar refractivity (Wildman–Crippen MR) is 143 cm³/mol. The number of allylic oxidation sites excluding steroid dienone is 1. The fourth-order valence-electron chi connectivity index (χ4n) is 3.85. The number of benzene rings is 2. The van der Waals surface area contributed by atoms with E-state index in [0.717, 1.165) is 20.9 Å². The van der Waals surface area contributed by atoms with Crippen LogP contribution < -0.4 is 11.1 Å². The average molecular weight is 506 g/mol. The van der Waals surface area contributed by atoms with Crippen molar-refractivity contribution in [1.29, 1.82) is 0 Å². The lowest BCUT2D eigenvalue weighted by molar-refractivity contribution is -0.139. The van der Waals surface area contributed by atoms with Crippen molar-refractivity contribution < 1.29 is 24.5 Å². The van der Waals surface area contributed by atoms with Gasteiger partial charge in [0.2, 0.25) is 0 Å². The maximum atomic E-state index is 12.8. The molecule has 0 fully saturated rings. The normalized spacial score (nSPS) is 14.5. The van der Waals surface area contributed by atoms with Gasteiger partial charge in [-0.15, -0.1) is 11.3 Å². The van der Waals surface area contributed by atoms with Crippen LogP contribution in [-0.2, 0) is 14.3 Å². The third-order valence-electron chi connectivity index (χ3n) is 5.27. The lowest BCUT2D eigenvalue weighted by Crippen LogP contribution is -2.39. The fourth-order valence-corrected chi connectivity index (χ4v) is 5.97. The number of carbonyl (C=O) groups is 2. The van der Waals surface area contributed by atoms with Crippen molar-refractivity contribution in [3.8, 4) is 11.1 Å². The number of thiophene rings is 1. The Kier molecular flexibility index (Phi) is 7.53. The van der Waals surface area contributed by atoms with Crippen molar-refractivity contribution in [3.63, 3.8) is 0 Å². The van der Waals surface area contributed by atoms with Gasteiger partial charge in [0.1, 0.15) is 16.1 Å². The Labute approximate surface area is 212 Å². The number of ether oxygens (including phenoxy) is 2. The quantitative estimate of drug-likeness (QED) is 0.460. The topological polar surface area (TPSA) is 104 Å². The molecule has 0 aliphatic carbocycles. The minimum atomic E-state index is -0.471. The van der Waals surface area contributed by atoms with Crippen LogP contribution in [0.1, 0.15) is 34.6 Å². The number of rotatable bonds is 7. The SMILES string of the molecule is CCOC(=O)C1=C(c2ccccc2)C(=Cc2sc(N)c(C(=O)OCC)c2-c2ccccc2)SC1=[NH2+]. The van der Waals surface area contributed by atoms with E-state index >= 15 is 0 Å². The van der Waals surface area contributed by atoms with Crippen LogP contribution in [0.4, 0.5) is 5.00 Å². The zero-order chi connectivity index (χ0) is 24.9. The summed E-state index contributed by atoms with van der Waals surface area (Å²) in [5.41, 5.74) is 10.1. The van der Waals surface area contributed by atoms with Crippen molar-refractivity contribution in [3.05, 3.63) is 87.1 Å². The second kappa shape index (κ2) is 10.8. The highest BCUT2D eigenvalue weighted by molar-refractivity contribution is 8.18. The Bertz CT molecular complexity index is 1340. The largest absolute Gasteiger partial charge is 0.462 e. The van der Waals surface area contributed by atoms with E-state index in [-0.39, 0.29) is 13.2 Å². The molecule has 6 nitrogen and oxygen atoms in total. The Morgan fingerprint density at radius 1 is 0.914 bits per heavy atom. The summed E-state index contributed by atoms with van der Waals surface area (Å²) in [6, 6.07) is 19.1. The first-order valence-corrected chi connectivity index (χ1v) is 12.7. The van der Waals surface area contributed by atoms with E-state index in [2.05, 4.69) is 0 Å². The molecule has 0 spiro atoms. The molecule has 0 unspecified atom stereocenters. The highest BCUT2D eigenvalue weighted by Crippen LogP contribution is 2.47. The number of carbonyl (C=O) groups excluding carboxylic acids is 2. The van der Waals surface area contributed by atoms with Crippen molar-refractivity contribution in [2.24, 2.45) is 0 Å². The summed E-state index contributed by atoms with van der Waals surface area (Å²) >= 11 is 2.59. The number of anilines is 1. The molecule has 1 aliphatic heterocycles. The van der Waals surface area contributed by atoms with Gasteiger partial charge in [0.25, 0.3) is 5.04 Å². The zero-order valence-electron chi connectivity index (χ0n) is 19.4. The molecule has 4 rings (SSSR count). The van der Waals surface area contributed by atoms with E-state index in [1.54, 1.807) is 13.8 Å². The van der Waals surface area contributed by atoms with Crippen LogP contribution in [-0.4, -0.2) is 30.2 Å². The molecule has 2 heterocycles. The zero-order valence-corrected chi connectivity index (χ0v) is 21.0. The van der Waals surface area contributed by atoms with Gasteiger partial charge in [0, 0.05) is 20.9 Å². The van der Waals surface area contributed by atoms with Crippen LogP contribution in [0.3, 0.4) is 0 Å². The van der Waals surface area contributed by atoms with Gasteiger partial charge >= 0.3 is 11.9 Å². The monoisotopic (exact) mass is 505 g/mol. The van der Waals surface area contributed by atoms with E-state index in [0.29, 0.717) is 32.3 Å². The first-order valence-electron chi connectivity index (χ1n) is 11.1. The number of hydrogen-bond donors (Lipinski definition) is 2. The Morgan fingerprint density at radius 3 is 2.09 bits per heavy atom. The van der Waals surface area contributed by atoms with Gasteiger partial charge < -0.3 is 15.2 Å². The van der Waals surface area contributed by atoms with Crippen molar-refractivity contribution >= 4 is 56.7 Å². The second-order valence-corrected chi connectivity index (χ2v) is 9.65. The van der Waals surface area contributed by atoms with Gasteiger partial charge in [-0.05, 0) is 42.8 Å². The predicted octanol–water partition coefficient (Wildman–Crippen LogP) is 4.44. The summed E-state index contributed by atoms with van der Waals surface area (Å²) in [5.74, 6) is -0.943. The van der Waals surface area contributed by atoms with E-state index in [1.165, 1.54) is 23.1 Å². The molecule has 0 atom stereocenters. The van der Waals surface area contributed by atoms with Crippen LogP contribution in [0.25, 0.3) is 22.8 Å². The van der Waals surface area contributed by atoms with Gasteiger partial charge in [-0.2, -0.15) is 0 Å². The van der Waals surface area contributed by atoms with Crippen LogP contribution in [0.15, 0.2) is 71.1 Å². The molecule has 3 aromatic rings. The first kappa shape index (κ1) is 24.5. The molecular formula is C27H25N2O4S2+. The third kappa shape index (κ3) is 4.94. The van der Waals surface area contributed by atoms with Crippen molar-refractivity contribution in [2.45, 2.75) is 13.8 Å². The molecule has 178 valence electrons. The number of esters is 2. The first-order chi connectivity index (χ1) is 17.0. The minimum Gasteiger partial charge on any atom is -0.462 e. The lowest BCUT2D eigenvalue weighted by Gasteiger charge is -2.09. The maximum Gasteiger partial charge on any atom is 0.346 e. The summed E-state index contributed by atoms with van der Waals surface area (Å²) < 4.78 is 10.6. The standard InChI is InChI=1S/C27H24N2O4S2/c1-3-32-26(30)22-20(16-11-7-5-8-12-16)18(34-24(22)28)15-19-21(17-13-9-6-10-14-17)23(25(29)35-19)27(31)33-4-2/h5-15,28H,3-4,29H2,1-2H3/p+1. The molecule has 35 heavy (non-hydrogen) atoms. The van der Waals surface area contributed by atoms with Gasteiger partial charge in [0.15, 0.2) is 0 Å². The van der Waals surface area contributed by atoms with Gasteiger partial charge in [-0.3, -0.25) is 0 Å². The molecule has 2 aromatic carbocycles. The second-order valence-electron chi connectivity index (χ2n) is 7.48. The maximum absolute atomic E-state index is 12.8. The number of thioether (sulfide) groups is 1. The van der Waals surface area contributed by atoms with Crippen LogP contribution >= 0.6 is 23.1 Å². The third-order valence-corrected chi connectivity index (χ3v) is 7.20. The number of hydrogen-bond acceptors (Lipinski definition) is 7. The Hall–Kier alpha value is -3.62. The Morgan fingerprint density at radius 2 is 1.49 bits per heavy atom. The summed E-state index contributed by atoms with van der Waals surface area (Å²) in [6.45, 7) is 3.99. The molecule has 0 amide bonds. The molecule has 0 radical (unpaired) electrons. The summed E-state index contributed by atoms with van der Waals surface area (Å²) in [4.78, 5) is 27.2. The summed E-state index contributed by atoms with van der Waals surface area (Å²) in [6.07, 6.45) is 1.93. The molecule has 0 saturated heterocycles. The van der Waals surface area contributed by atoms with E-state index < -0.39 is 11.9 Å². The van der Waals surface area contributed by atoms with Crippen molar-refractivity contribution in [2.75, 3.05) is 18.9 Å². The van der Waals surface area contributed by atoms with Crippen molar-refractivity contribution in [1.82, 2.24) is 0 Å². The van der Waals surface area contributed by atoms with Gasteiger partial charge in [-0.1, -0.05) is 60.7 Å². The minimum absolute atomic E-state index is 0.240. The lowest BCUT2D eigenvalue weighted by atomic mass is 9.97. The van der Waals surface area contributed by atoms with E-state index in [4.69, 9.17) is 20.6 Å². The summed E-state index contributed by atoms with van der Waals surface area (Å²) in [5, 5.41) is 7.07. The van der Waals surface area contributed by atoms with Gasteiger partial charge in [-0.25, -0.2) is 15.0 Å². The fraction of sp³-hybridized carbons (Fsp3) is 0.148. The molecule has 1 aromatic heterocycles. The van der Waals surface area contributed by atoms with E-state index in [1.807, 2.05) is 66.7 Å². The molecule has 1 aliphatic rings. The highest BCUT2D eigenvalue weighted by Gasteiger charge is 2.37. The molecule has 4 N–H and O–H groups in total. The smallest absolute Gasteiger partial charge is 0.346 e. The summed E-state index contributed by atoms with van der Waals surface area (Å²) in [7, 11) is 0. The van der Waals surface area contributed by atoms with Crippen LogP contribution in [0, 0.1) is 0 Å². The molecule has 0 saturated carbocycles. The van der Waals surface area contributed by atoms with Gasteiger partial charge in [0.05, 0.1) is 13.2 Å². The number of nitrogen functional groups attached to an aromatic ring is 1. The van der Waals surface area contributed by atoms with Crippen LogP contribution in [0.5, 0.6) is 0 Å². The van der Waals surface area contributed by atoms with Crippen LogP contribution in [0.2, 0.25) is 0 Å². The molecule has 0 bridgehead atoms. The molecule has 8 heteroatoms. The Balaban J connectivity index is 1.95. The highest BCUT2D eigenvalue weighted by atomic mass is 32.2. The number of nitrogens with two attached hydrogens (primary N) is 2. The average Bonchev–Trinajstić information content (AvgIpc) is 3.36.